The fourth-order valence-electron chi connectivity index (χ4n) is 3.10. The van der Waals surface area contributed by atoms with E-state index in [9.17, 15) is 18.0 Å². The molecule has 178 valence electrons. The van der Waals surface area contributed by atoms with Crippen molar-refractivity contribution in [2.75, 3.05) is 23.8 Å². The highest BCUT2D eigenvalue weighted by atomic mass is 35.5. The molecule has 2 aromatic rings. The first-order valence-corrected chi connectivity index (χ1v) is 11.6. The van der Waals surface area contributed by atoms with Gasteiger partial charge in [0, 0.05) is 19.0 Å². The molecule has 1 aliphatic carbocycles. The number of aromatic nitrogens is 2. The number of amides is 2. The van der Waals surface area contributed by atoms with Crippen LogP contribution in [0.4, 0.5) is 11.5 Å². The summed E-state index contributed by atoms with van der Waals surface area (Å²) in [6.45, 7) is 2.12. The van der Waals surface area contributed by atoms with Crippen molar-refractivity contribution in [3.8, 4) is 0 Å². The Morgan fingerprint density at radius 3 is 2.62 bits per heavy atom. The predicted octanol–water partition coefficient (Wildman–Crippen LogP) is 1.99. The Bertz CT molecular complexity index is 1280. The number of pyridine rings is 2. The maximum Gasteiger partial charge on any atom is 0.277 e. The van der Waals surface area contributed by atoms with Crippen LogP contribution in [0.1, 0.15) is 23.8 Å². The number of hydrogen-bond acceptors (Lipinski definition) is 8. The van der Waals surface area contributed by atoms with Crippen LogP contribution in [0.25, 0.3) is 0 Å². The van der Waals surface area contributed by atoms with Gasteiger partial charge in [-0.25, -0.2) is 9.97 Å². The van der Waals surface area contributed by atoms with Crippen molar-refractivity contribution in [1.82, 2.24) is 9.97 Å². The average molecular weight is 504 g/mol. The molecule has 2 amide bonds. The van der Waals surface area contributed by atoms with Crippen LogP contribution in [0, 0.1) is 0 Å². The normalized spacial score (nSPS) is 15.3. The fourth-order valence-corrected chi connectivity index (χ4v) is 3.92. The van der Waals surface area contributed by atoms with Crippen LogP contribution in [0.2, 0.25) is 5.02 Å². The van der Waals surface area contributed by atoms with Crippen molar-refractivity contribution in [2.45, 2.75) is 19.4 Å². The Morgan fingerprint density at radius 1 is 1.15 bits per heavy atom. The number of hydrogen-bond donors (Lipinski definition) is 3. The number of nitrogens with zero attached hydrogens (tertiary/aromatic N) is 2. The summed E-state index contributed by atoms with van der Waals surface area (Å²) in [4.78, 5) is 33.9. The number of carbonyl (C=O) groups is 2. The second-order valence-electron chi connectivity index (χ2n) is 7.13. The zero-order chi connectivity index (χ0) is 24.7. The first-order valence-electron chi connectivity index (χ1n) is 10.2. The van der Waals surface area contributed by atoms with E-state index in [0.29, 0.717) is 23.6 Å². The largest absolute Gasteiger partial charge is 0.367 e. The number of nitrogens with one attached hydrogen (secondary N) is 2. The van der Waals surface area contributed by atoms with E-state index in [1.54, 1.807) is 19.1 Å². The van der Waals surface area contributed by atoms with Gasteiger partial charge in [0.05, 0.1) is 16.3 Å². The molecule has 3 rings (SSSR count). The minimum atomic E-state index is -2.61. The number of rotatable bonds is 8. The van der Waals surface area contributed by atoms with Crippen LogP contribution in [0.5, 0.6) is 0 Å². The van der Waals surface area contributed by atoms with Crippen LogP contribution in [-0.2, 0) is 19.8 Å². The van der Waals surface area contributed by atoms with Gasteiger partial charge in [-0.1, -0.05) is 23.8 Å². The monoisotopic (exact) mass is 503 g/mol. The molecule has 4 N–H and O–H groups in total. The Morgan fingerprint density at radius 2 is 1.94 bits per heavy atom. The Kier molecular flexibility index (Phi) is 8.66. The maximum atomic E-state index is 13.1. The molecular weight excluding hydrogens is 482 g/mol. The number of anilines is 2. The summed E-state index contributed by atoms with van der Waals surface area (Å²) in [5.41, 5.74) is 6.08. The molecule has 0 radical (unpaired) electrons. The van der Waals surface area contributed by atoms with E-state index < -0.39 is 28.2 Å². The first kappa shape index (κ1) is 25.2. The van der Waals surface area contributed by atoms with Gasteiger partial charge in [-0.15, -0.1) is 0 Å². The Balaban J connectivity index is 1.86. The van der Waals surface area contributed by atoms with Gasteiger partial charge < -0.3 is 21.1 Å². The number of ether oxygens (including phenoxy) is 1. The smallest absolute Gasteiger partial charge is 0.277 e. The van der Waals surface area contributed by atoms with Gasteiger partial charge in [-0.3, -0.25) is 9.59 Å². The molecule has 10 nitrogen and oxygen atoms in total. The Labute approximate surface area is 202 Å². The number of carbonyl (C=O) groups excluding carboxylic acids is 2. The molecule has 12 heteroatoms. The standard InChI is InChI=1S/C22H22ClN5O5S/c1-13-5-7-15(19(20(13)34(31)32)33-11-3-9-24)21(29)27-16-4-2-10-25-18(16)22(30)28-17-8-6-14(23)12-26-17/h2,4-8,10,12,19H,3,9,11,24H2,1H3,(H,27,29)(H,26,28,30). The fraction of sp³-hybridized carbons (Fsp3) is 0.227. The van der Waals surface area contributed by atoms with Crippen molar-refractivity contribution in [3.05, 3.63) is 70.7 Å². The number of nitrogens with two attached hydrogens (primary N) is 1. The van der Waals surface area contributed by atoms with Crippen molar-refractivity contribution in [1.29, 1.82) is 0 Å². The molecule has 0 spiro atoms. The van der Waals surface area contributed by atoms with Crippen LogP contribution < -0.4 is 16.4 Å². The van der Waals surface area contributed by atoms with E-state index in [1.807, 2.05) is 0 Å². The van der Waals surface area contributed by atoms with Gasteiger partial charge in [-0.2, -0.15) is 8.42 Å². The van der Waals surface area contributed by atoms with Gasteiger partial charge in [-0.05, 0) is 49.7 Å². The predicted molar refractivity (Wildman–Crippen MR) is 129 cm³/mol. The molecule has 0 saturated heterocycles. The molecule has 0 bridgehead atoms. The Hall–Kier alpha value is -3.38. The van der Waals surface area contributed by atoms with Crippen LogP contribution in [0.15, 0.2) is 60.0 Å². The summed E-state index contributed by atoms with van der Waals surface area (Å²) < 4.78 is 29.4. The lowest BCUT2D eigenvalue weighted by molar-refractivity contribution is -0.113. The highest BCUT2D eigenvalue weighted by Crippen LogP contribution is 2.23. The number of halogens is 1. The molecular formula is C22H22ClN5O5S. The summed E-state index contributed by atoms with van der Waals surface area (Å²) >= 11 is 5.81. The molecule has 2 heterocycles. The summed E-state index contributed by atoms with van der Waals surface area (Å²) in [6.07, 6.45) is 5.16. The topological polar surface area (TPSA) is 153 Å². The van der Waals surface area contributed by atoms with Gasteiger partial charge >= 0.3 is 0 Å². The third-order valence-electron chi connectivity index (χ3n) is 4.74. The molecule has 0 saturated carbocycles. The third-order valence-corrected chi connectivity index (χ3v) is 5.86. The summed E-state index contributed by atoms with van der Waals surface area (Å²) in [6, 6.07) is 6.13. The van der Waals surface area contributed by atoms with E-state index >= 15 is 0 Å². The van der Waals surface area contributed by atoms with Crippen LogP contribution >= 0.6 is 11.6 Å². The van der Waals surface area contributed by atoms with Crippen molar-refractivity contribution in [3.63, 3.8) is 0 Å². The van der Waals surface area contributed by atoms with Crippen molar-refractivity contribution in [2.24, 2.45) is 5.73 Å². The molecule has 34 heavy (non-hydrogen) atoms. The average Bonchev–Trinajstić information content (AvgIpc) is 2.80. The summed E-state index contributed by atoms with van der Waals surface area (Å²) in [5, 5.41) is 5.62. The zero-order valence-corrected chi connectivity index (χ0v) is 19.7. The molecule has 2 aromatic heterocycles. The van der Waals surface area contributed by atoms with E-state index in [0.717, 1.165) is 0 Å². The molecule has 1 unspecified atom stereocenters. The number of allylic oxidation sites excluding steroid dienone is 2. The van der Waals surface area contributed by atoms with E-state index in [-0.39, 0.29) is 34.2 Å². The maximum absolute atomic E-state index is 13.1. The van der Waals surface area contributed by atoms with Gasteiger partial charge in [0.1, 0.15) is 16.8 Å². The van der Waals surface area contributed by atoms with E-state index in [2.05, 4.69) is 20.6 Å². The quantitative estimate of drug-likeness (QED) is 0.365. The lowest BCUT2D eigenvalue weighted by atomic mass is 9.95. The molecule has 0 aromatic carbocycles. The van der Waals surface area contributed by atoms with Gasteiger partial charge in [0.25, 0.3) is 11.8 Å². The van der Waals surface area contributed by atoms with Crippen LogP contribution in [0.3, 0.4) is 0 Å². The highest BCUT2D eigenvalue weighted by molar-refractivity contribution is 7.73. The van der Waals surface area contributed by atoms with Crippen molar-refractivity contribution < 1.29 is 22.7 Å². The molecule has 1 atom stereocenters. The van der Waals surface area contributed by atoms with Gasteiger partial charge in [0.2, 0.25) is 10.3 Å². The minimum absolute atomic E-state index is 0.0392. The van der Waals surface area contributed by atoms with Crippen molar-refractivity contribution >= 4 is 50.1 Å². The molecule has 0 aliphatic heterocycles. The zero-order valence-electron chi connectivity index (χ0n) is 18.1. The minimum Gasteiger partial charge on any atom is -0.367 e. The lowest BCUT2D eigenvalue weighted by Gasteiger charge is -2.24. The SMILES string of the molecule is CC1=CC=C(C(=O)Nc2cccnc2C(=O)Nc2ccc(Cl)cn2)C(OCCCN)C1=S(=O)=O. The van der Waals surface area contributed by atoms with E-state index in [4.69, 9.17) is 22.1 Å². The van der Waals surface area contributed by atoms with E-state index in [1.165, 1.54) is 36.7 Å². The lowest BCUT2D eigenvalue weighted by Crippen LogP contribution is -2.36. The summed E-state index contributed by atoms with van der Waals surface area (Å²) in [5.74, 6) is -1.00. The van der Waals surface area contributed by atoms with Gasteiger partial charge in [0.15, 0.2) is 5.69 Å². The third kappa shape index (κ3) is 6.14. The summed E-state index contributed by atoms with van der Waals surface area (Å²) in [7, 11) is -2.61. The second-order valence-corrected chi connectivity index (χ2v) is 8.48. The highest BCUT2D eigenvalue weighted by Gasteiger charge is 2.31. The first-order chi connectivity index (χ1) is 16.3. The molecule has 0 fully saturated rings. The molecule has 1 aliphatic rings. The van der Waals surface area contributed by atoms with Crippen LogP contribution in [-0.4, -0.2) is 54.3 Å². The second kappa shape index (κ2) is 11.7.